The van der Waals surface area contributed by atoms with Crippen molar-refractivity contribution in [3.8, 4) is 0 Å². The van der Waals surface area contributed by atoms with Crippen LogP contribution in [0.3, 0.4) is 0 Å². The predicted octanol–water partition coefficient (Wildman–Crippen LogP) is 1.27. The maximum absolute atomic E-state index is 11.8. The Hall–Kier alpha value is -1.93. The van der Waals surface area contributed by atoms with Crippen molar-refractivity contribution in [1.29, 1.82) is 0 Å². The molecule has 2 saturated heterocycles. The first kappa shape index (κ1) is 19.8. The van der Waals surface area contributed by atoms with Crippen LogP contribution in [0.2, 0.25) is 0 Å². The van der Waals surface area contributed by atoms with Crippen molar-refractivity contribution < 1.29 is 19.7 Å². The van der Waals surface area contributed by atoms with E-state index >= 15 is 0 Å². The maximum Gasteiger partial charge on any atom is 0.313 e. The Morgan fingerprint density at radius 1 is 1.22 bits per heavy atom. The first-order valence-corrected chi connectivity index (χ1v) is 9.67. The van der Waals surface area contributed by atoms with Crippen molar-refractivity contribution in [1.82, 2.24) is 9.97 Å². The molecule has 1 atom stereocenters. The zero-order chi connectivity index (χ0) is 19.6. The van der Waals surface area contributed by atoms with E-state index in [2.05, 4.69) is 14.8 Å². The van der Waals surface area contributed by atoms with E-state index in [-0.39, 0.29) is 6.10 Å². The highest BCUT2D eigenvalue weighted by Gasteiger charge is 2.36. The van der Waals surface area contributed by atoms with E-state index in [4.69, 9.17) is 9.72 Å². The van der Waals surface area contributed by atoms with Gasteiger partial charge < -0.3 is 24.7 Å². The monoisotopic (exact) mass is 378 g/mol. The Labute approximate surface area is 160 Å². The van der Waals surface area contributed by atoms with E-state index in [0.29, 0.717) is 49.6 Å². The van der Waals surface area contributed by atoms with Gasteiger partial charge in [-0.1, -0.05) is 0 Å². The fourth-order valence-electron chi connectivity index (χ4n) is 3.67. The Morgan fingerprint density at radius 2 is 1.85 bits per heavy atom. The van der Waals surface area contributed by atoms with Crippen molar-refractivity contribution in [2.24, 2.45) is 5.92 Å². The number of nitrogens with zero attached hydrogens (tertiary/aromatic N) is 4. The average molecular weight is 378 g/mol. The lowest BCUT2D eigenvalue weighted by molar-refractivity contribution is -0.142. The largest absolute Gasteiger partial charge is 0.481 e. The smallest absolute Gasteiger partial charge is 0.313 e. The number of piperidine rings is 1. The van der Waals surface area contributed by atoms with Gasteiger partial charge >= 0.3 is 5.97 Å². The number of morpholine rings is 1. The van der Waals surface area contributed by atoms with E-state index < -0.39 is 11.4 Å². The summed E-state index contributed by atoms with van der Waals surface area (Å²) in [6.45, 7) is 9.37. The lowest BCUT2D eigenvalue weighted by atomic mass is 9.85. The third-order valence-corrected chi connectivity index (χ3v) is 5.78. The molecule has 27 heavy (non-hydrogen) atoms. The number of anilines is 2. The van der Waals surface area contributed by atoms with Gasteiger partial charge in [-0.2, -0.15) is 4.98 Å². The van der Waals surface area contributed by atoms with Gasteiger partial charge in [-0.15, -0.1) is 0 Å². The first-order valence-electron chi connectivity index (χ1n) is 9.67. The average Bonchev–Trinajstić information content (AvgIpc) is 2.68. The summed E-state index contributed by atoms with van der Waals surface area (Å²) in [6, 6.07) is 0. The van der Waals surface area contributed by atoms with Crippen LogP contribution in [0.15, 0.2) is 6.20 Å². The Morgan fingerprint density at radius 3 is 2.41 bits per heavy atom. The zero-order valence-electron chi connectivity index (χ0n) is 16.4. The molecular formula is C19H30N4O4. The minimum absolute atomic E-state index is 0.296. The van der Waals surface area contributed by atoms with Crippen LogP contribution in [0.1, 0.15) is 39.2 Å². The van der Waals surface area contributed by atoms with Crippen LogP contribution in [0, 0.1) is 5.92 Å². The third kappa shape index (κ3) is 4.16. The number of rotatable bonds is 5. The highest BCUT2D eigenvalue weighted by atomic mass is 16.5. The van der Waals surface area contributed by atoms with E-state index in [9.17, 15) is 15.0 Å². The van der Waals surface area contributed by atoms with Gasteiger partial charge in [0.15, 0.2) is 0 Å². The summed E-state index contributed by atoms with van der Waals surface area (Å²) < 4.78 is 5.44. The number of aliphatic hydroxyl groups excluding tert-OH is 1. The third-order valence-electron chi connectivity index (χ3n) is 5.78. The molecule has 0 aliphatic carbocycles. The molecule has 2 aliphatic rings. The Balaban J connectivity index is 1.90. The van der Waals surface area contributed by atoms with E-state index in [1.54, 1.807) is 20.0 Å². The summed E-state index contributed by atoms with van der Waals surface area (Å²) in [5, 5.41) is 19.5. The molecule has 0 radical (unpaired) electrons. The minimum atomic E-state index is -1.08. The fourth-order valence-corrected chi connectivity index (χ4v) is 3.67. The van der Waals surface area contributed by atoms with Crippen LogP contribution in [0.5, 0.6) is 0 Å². The summed E-state index contributed by atoms with van der Waals surface area (Å²) in [4.78, 5) is 25.3. The fraction of sp³-hybridized carbons (Fsp3) is 0.737. The second-order valence-electron chi connectivity index (χ2n) is 8.00. The van der Waals surface area contributed by atoms with Gasteiger partial charge in [-0.05, 0) is 39.5 Å². The highest BCUT2D eigenvalue weighted by Crippen LogP contribution is 2.33. The molecule has 1 aromatic heterocycles. The van der Waals surface area contributed by atoms with Crippen molar-refractivity contribution in [2.45, 2.75) is 45.1 Å². The lowest BCUT2D eigenvalue weighted by Crippen LogP contribution is -2.41. The molecular weight excluding hydrogens is 348 g/mol. The van der Waals surface area contributed by atoms with Gasteiger partial charge in [0, 0.05) is 37.9 Å². The molecule has 2 N–H and O–H groups in total. The Kier molecular flexibility index (Phi) is 5.86. The van der Waals surface area contributed by atoms with Crippen molar-refractivity contribution in [2.75, 3.05) is 49.2 Å². The molecule has 8 nitrogen and oxygen atoms in total. The number of aliphatic hydroxyl groups is 1. The zero-order valence-corrected chi connectivity index (χ0v) is 16.4. The van der Waals surface area contributed by atoms with Gasteiger partial charge in [-0.3, -0.25) is 4.79 Å². The van der Waals surface area contributed by atoms with Crippen molar-refractivity contribution in [3.05, 3.63) is 11.8 Å². The topological polar surface area (TPSA) is 99.0 Å². The molecule has 0 aromatic carbocycles. The number of carboxylic acid groups (broad SMARTS) is 1. The number of hydrogen-bond acceptors (Lipinski definition) is 7. The second kappa shape index (κ2) is 7.98. The number of ether oxygens (including phenoxy) is 1. The molecule has 0 unspecified atom stereocenters. The Bertz CT molecular complexity index is 666. The quantitative estimate of drug-likeness (QED) is 0.790. The first-order chi connectivity index (χ1) is 12.8. The molecule has 0 bridgehead atoms. The predicted molar refractivity (Wildman–Crippen MR) is 102 cm³/mol. The second-order valence-corrected chi connectivity index (χ2v) is 8.00. The number of carbonyl (C=O) groups is 1. The minimum Gasteiger partial charge on any atom is -0.481 e. The number of aromatic nitrogens is 2. The molecule has 150 valence electrons. The molecule has 1 aromatic rings. The van der Waals surface area contributed by atoms with E-state index in [1.165, 1.54) is 0 Å². The summed E-state index contributed by atoms with van der Waals surface area (Å²) in [7, 11) is 0. The van der Waals surface area contributed by atoms with Crippen LogP contribution in [0.25, 0.3) is 0 Å². The van der Waals surface area contributed by atoms with Crippen LogP contribution in [0.4, 0.5) is 11.8 Å². The lowest BCUT2D eigenvalue weighted by Gasteiger charge is -2.36. The summed E-state index contributed by atoms with van der Waals surface area (Å²) in [6.07, 6.45) is 3.17. The van der Waals surface area contributed by atoms with Gasteiger partial charge in [0.05, 0.1) is 24.7 Å². The summed E-state index contributed by atoms with van der Waals surface area (Å²) >= 11 is 0. The van der Waals surface area contributed by atoms with Crippen molar-refractivity contribution >= 4 is 17.7 Å². The highest BCUT2D eigenvalue weighted by molar-refractivity contribution is 5.82. The molecule has 2 fully saturated rings. The van der Waals surface area contributed by atoms with E-state index in [0.717, 1.165) is 25.9 Å². The van der Waals surface area contributed by atoms with Gasteiger partial charge in [0.25, 0.3) is 0 Å². The van der Waals surface area contributed by atoms with Crippen LogP contribution >= 0.6 is 0 Å². The maximum atomic E-state index is 11.8. The van der Waals surface area contributed by atoms with Gasteiger partial charge in [-0.25, -0.2) is 4.98 Å². The van der Waals surface area contributed by atoms with E-state index in [1.807, 2.05) is 6.92 Å². The van der Waals surface area contributed by atoms with Crippen molar-refractivity contribution in [3.63, 3.8) is 0 Å². The molecule has 8 heteroatoms. The normalized spacial score (nSPS) is 20.6. The van der Waals surface area contributed by atoms with Crippen LogP contribution in [-0.4, -0.2) is 71.6 Å². The van der Waals surface area contributed by atoms with Gasteiger partial charge in [0.2, 0.25) is 5.95 Å². The molecule has 3 heterocycles. The molecule has 0 amide bonds. The summed E-state index contributed by atoms with van der Waals surface area (Å²) in [5.74, 6) is 0.732. The molecule has 0 saturated carbocycles. The number of hydrogen-bond donors (Lipinski definition) is 2. The number of carboxylic acids is 1. The van der Waals surface area contributed by atoms with Gasteiger partial charge in [0.1, 0.15) is 5.82 Å². The molecule has 0 spiro atoms. The SMILES string of the molecule is C[C@@H](O)C1CCN(c2ncc(C(C)(C)C(=O)O)c(N3CCOCC3)n2)CC1. The van der Waals surface area contributed by atoms with Crippen LogP contribution < -0.4 is 9.80 Å². The molecule has 3 rings (SSSR count). The summed E-state index contributed by atoms with van der Waals surface area (Å²) in [5.41, 5.74) is -0.453. The van der Waals surface area contributed by atoms with Crippen LogP contribution in [-0.2, 0) is 14.9 Å². The number of aliphatic carboxylic acids is 1. The molecule has 2 aliphatic heterocycles. The standard InChI is InChI=1S/C19H30N4O4/c1-13(24)14-4-6-23(7-5-14)18-20-12-15(19(2,3)17(25)26)16(21-18)22-8-10-27-11-9-22/h12-14,24H,4-11H2,1-3H3,(H,25,26)/t13-/m1/s1.